The van der Waals surface area contributed by atoms with Gasteiger partial charge in [0.2, 0.25) is 0 Å². The van der Waals surface area contributed by atoms with Crippen LogP contribution in [-0.4, -0.2) is 95.8 Å². The quantitative estimate of drug-likeness (QED) is 0.0541. The first-order valence-electron chi connectivity index (χ1n) is 20.4. The summed E-state index contributed by atoms with van der Waals surface area (Å²) in [5, 5.41) is 33.0. The fourth-order valence-electron chi connectivity index (χ4n) is 7.19. The normalized spacial score (nSPS) is 14.8. The molecule has 352 valence electrons. The van der Waals surface area contributed by atoms with Crippen molar-refractivity contribution in [2.75, 3.05) is 64.4 Å². The van der Waals surface area contributed by atoms with E-state index in [9.17, 15) is 42.3 Å². The summed E-state index contributed by atoms with van der Waals surface area (Å²) in [6.45, 7) is 1.97. The van der Waals surface area contributed by atoms with Crippen molar-refractivity contribution in [2.24, 2.45) is 5.73 Å². The Bertz CT molecular complexity index is 2690. The maximum atomic E-state index is 12.8. The molecular formula is C43H43F3N10O7S4. The van der Waals surface area contributed by atoms with Crippen molar-refractivity contribution < 1.29 is 47.0 Å². The van der Waals surface area contributed by atoms with Gasteiger partial charge in [-0.05, 0) is 72.8 Å². The van der Waals surface area contributed by atoms with E-state index in [2.05, 4.69) is 36.1 Å². The molecule has 0 radical (unpaired) electrons. The third-order valence-corrected chi connectivity index (χ3v) is 13.8. The predicted molar refractivity (Wildman–Crippen MR) is 255 cm³/mol. The van der Waals surface area contributed by atoms with E-state index in [1.807, 2.05) is 51.3 Å². The molecule has 0 aliphatic carbocycles. The number of ether oxygens (including phenoxy) is 1. The van der Waals surface area contributed by atoms with Crippen LogP contribution in [0.1, 0.15) is 56.3 Å². The van der Waals surface area contributed by atoms with Gasteiger partial charge in [-0.15, -0.1) is 34.0 Å². The molecule has 0 unspecified atom stereocenters. The number of nitrogens with one attached hydrogen (secondary N) is 5. The number of amides is 3. The van der Waals surface area contributed by atoms with Crippen LogP contribution in [-0.2, 0) is 14.3 Å². The Morgan fingerprint density at radius 2 is 1.30 bits per heavy atom. The number of esters is 1. The molecule has 0 bridgehead atoms. The summed E-state index contributed by atoms with van der Waals surface area (Å²) in [6.07, 6.45) is -3.31. The van der Waals surface area contributed by atoms with Gasteiger partial charge in [0.25, 0.3) is 11.8 Å². The van der Waals surface area contributed by atoms with Gasteiger partial charge in [0.1, 0.15) is 21.8 Å². The molecule has 6 aromatic rings. The highest BCUT2D eigenvalue weighted by Crippen LogP contribution is 2.34. The molecule has 17 nitrogen and oxygen atoms in total. The summed E-state index contributed by atoms with van der Waals surface area (Å²) in [5.41, 5.74) is 9.85. The maximum Gasteiger partial charge on any atom is 0.471 e. The average Bonchev–Trinajstić information content (AvgIpc) is 4.17. The predicted octanol–water partition coefficient (Wildman–Crippen LogP) is 8.22. The molecule has 0 atom stereocenters. The Labute approximate surface area is 397 Å². The van der Waals surface area contributed by atoms with Gasteiger partial charge < -0.3 is 52.0 Å². The number of hydrogen-bond acceptors (Lipinski definition) is 17. The zero-order valence-electron chi connectivity index (χ0n) is 35.4. The van der Waals surface area contributed by atoms with Crippen LogP contribution in [0.4, 0.5) is 57.6 Å². The SMILES string of the molecule is COC(=O)C1(N)CCN(c2ccccc2NC(=O)c2csc(Nc3ccsc3)n2)CC1.O=C(Nc1ccccc1N1CCC(NC(=O)C(F)(F)F)CC1)c1csc(Nc2ccsc2C(=O)O)n1. The molecule has 3 amide bonds. The molecule has 4 aromatic heterocycles. The Morgan fingerprint density at radius 1 is 0.746 bits per heavy atom. The molecule has 6 heterocycles. The van der Waals surface area contributed by atoms with Crippen molar-refractivity contribution in [3.63, 3.8) is 0 Å². The highest BCUT2D eigenvalue weighted by Gasteiger charge is 2.41. The first-order valence-corrected chi connectivity index (χ1v) is 24.0. The lowest BCUT2D eigenvalue weighted by molar-refractivity contribution is -0.174. The average molecular weight is 997 g/mol. The lowest BCUT2D eigenvalue weighted by Crippen LogP contribution is -2.56. The number of para-hydroxylation sites is 4. The van der Waals surface area contributed by atoms with E-state index in [4.69, 9.17) is 10.5 Å². The van der Waals surface area contributed by atoms with Crippen molar-refractivity contribution in [2.45, 2.75) is 43.4 Å². The van der Waals surface area contributed by atoms with Gasteiger partial charge in [0.05, 0.1) is 41.2 Å². The van der Waals surface area contributed by atoms with E-state index < -0.39 is 35.5 Å². The summed E-state index contributed by atoms with van der Waals surface area (Å²) in [7, 11) is 1.36. The lowest BCUT2D eigenvalue weighted by Gasteiger charge is -2.38. The number of hydrogen-bond donors (Lipinski definition) is 7. The number of nitrogens with zero attached hydrogens (tertiary/aromatic N) is 4. The van der Waals surface area contributed by atoms with Crippen LogP contribution < -0.4 is 42.1 Å². The number of aromatic carboxylic acids is 1. The smallest absolute Gasteiger partial charge is 0.471 e. The van der Waals surface area contributed by atoms with E-state index in [0.29, 0.717) is 90.6 Å². The van der Waals surface area contributed by atoms with Crippen LogP contribution in [0.25, 0.3) is 0 Å². The minimum absolute atomic E-state index is 0.131. The van der Waals surface area contributed by atoms with Crippen molar-refractivity contribution in [3.8, 4) is 0 Å². The van der Waals surface area contributed by atoms with E-state index in [-0.39, 0.29) is 22.4 Å². The van der Waals surface area contributed by atoms with Crippen LogP contribution in [0.15, 0.2) is 87.6 Å². The number of carboxylic acid groups (broad SMARTS) is 1. The van der Waals surface area contributed by atoms with Gasteiger partial charge in [-0.2, -0.15) is 24.5 Å². The number of nitrogens with two attached hydrogens (primary N) is 1. The first kappa shape index (κ1) is 48.3. The summed E-state index contributed by atoms with van der Waals surface area (Å²) >= 11 is 5.19. The number of carboxylic acids is 1. The highest BCUT2D eigenvalue weighted by atomic mass is 32.1. The van der Waals surface area contributed by atoms with E-state index >= 15 is 0 Å². The molecule has 0 spiro atoms. The van der Waals surface area contributed by atoms with Gasteiger partial charge in [-0.1, -0.05) is 24.3 Å². The van der Waals surface area contributed by atoms with Crippen molar-refractivity contribution in [1.29, 1.82) is 0 Å². The van der Waals surface area contributed by atoms with Crippen LogP contribution in [0.5, 0.6) is 0 Å². The summed E-state index contributed by atoms with van der Waals surface area (Å²) in [6, 6.07) is 17.6. The van der Waals surface area contributed by atoms with E-state index in [1.54, 1.807) is 57.8 Å². The number of piperidine rings is 2. The molecule has 2 aliphatic rings. The molecule has 2 aliphatic heterocycles. The number of benzene rings is 2. The van der Waals surface area contributed by atoms with Gasteiger partial charge >= 0.3 is 24.0 Å². The molecule has 67 heavy (non-hydrogen) atoms. The number of anilines is 8. The number of thiophene rings is 2. The Kier molecular flexibility index (Phi) is 15.4. The number of thiazole rings is 2. The van der Waals surface area contributed by atoms with Crippen molar-refractivity contribution in [1.82, 2.24) is 15.3 Å². The summed E-state index contributed by atoms with van der Waals surface area (Å²) in [5.74, 6) is -4.14. The number of alkyl halides is 3. The monoisotopic (exact) mass is 996 g/mol. The fraction of sp³-hybridized carbons (Fsp3) is 0.279. The molecule has 0 saturated carbocycles. The Balaban J connectivity index is 0.000000201. The van der Waals surface area contributed by atoms with E-state index in [0.717, 1.165) is 34.0 Å². The largest absolute Gasteiger partial charge is 0.477 e. The van der Waals surface area contributed by atoms with Gasteiger partial charge in [-0.25, -0.2) is 14.8 Å². The number of rotatable bonds is 13. The Hall–Kier alpha value is -6.60. The summed E-state index contributed by atoms with van der Waals surface area (Å²) in [4.78, 5) is 72.9. The topological polar surface area (TPSA) is 233 Å². The van der Waals surface area contributed by atoms with Gasteiger partial charge in [0.15, 0.2) is 10.3 Å². The summed E-state index contributed by atoms with van der Waals surface area (Å²) < 4.78 is 42.4. The minimum atomic E-state index is -4.92. The molecule has 8 rings (SSSR count). The second-order valence-corrected chi connectivity index (χ2v) is 18.5. The number of carbonyl (C=O) groups excluding carboxylic acids is 4. The number of methoxy groups -OCH3 is 1. The lowest BCUT2D eigenvalue weighted by atomic mass is 9.88. The third kappa shape index (κ3) is 12.2. The zero-order valence-corrected chi connectivity index (χ0v) is 38.7. The van der Waals surface area contributed by atoms with Crippen LogP contribution in [0.3, 0.4) is 0 Å². The Morgan fingerprint density at radius 3 is 1.82 bits per heavy atom. The second kappa shape index (κ2) is 21.4. The fourth-order valence-corrected chi connectivity index (χ4v) is 9.88. The van der Waals surface area contributed by atoms with Gasteiger partial charge in [-0.3, -0.25) is 19.2 Å². The highest BCUT2D eigenvalue weighted by molar-refractivity contribution is 7.14. The van der Waals surface area contributed by atoms with E-state index in [1.165, 1.54) is 18.4 Å². The van der Waals surface area contributed by atoms with Crippen molar-refractivity contribution >= 4 is 119 Å². The standard InChI is InChI=1S/C22H20F3N5O4S2.C21H23N5O3S2/c23-22(24,25)20(34)26-12-5-8-30(9-6-12)16-4-2-1-3-13(16)27-18(31)15-11-36-21(29-15)28-14-7-10-35-17(14)19(32)33;1-29-19(28)21(22)7-9-26(10-8-21)17-5-3-2-4-15(17)24-18(27)16-13-31-20(25-16)23-14-6-11-30-12-14/h1-4,7,10-12H,5-6,8-9H2,(H,26,34)(H,27,31)(H,28,29)(H,32,33);2-6,11-13H,7-10,22H2,1H3,(H,23,25)(H,24,27). The second-order valence-electron chi connectivity index (χ2n) is 15.1. The molecule has 2 fully saturated rings. The van der Waals surface area contributed by atoms with Gasteiger partial charge in [0, 0.05) is 48.4 Å². The first-order chi connectivity index (χ1) is 32.1. The van der Waals surface area contributed by atoms with Crippen LogP contribution >= 0.6 is 45.3 Å². The number of carbonyl (C=O) groups is 5. The minimum Gasteiger partial charge on any atom is -0.477 e. The molecule has 2 aromatic carbocycles. The molecule has 24 heteroatoms. The number of aromatic nitrogens is 2. The number of halogens is 3. The zero-order chi connectivity index (χ0) is 47.7. The third-order valence-electron chi connectivity index (χ3n) is 10.7. The van der Waals surface area contributed by atoms with Crippen LogP contribution in [0, 0.1) is 0 Å². The molecule has 2 saturated heterocycles. The van der Waals surface area contributed by atoms with Crippen molar-refractivity contribution in [3.05, 3.63) is 104 Å². The molecular weight excluding hydrogens is 954 g/mol. The van der Waals surface area contributed by atoms with Crippen LogP contribution in [0.2, 0.25) is 0 Å². The molecule has 8 N–H and O–H groups in total. The maximum absolute atomic E-state index is 12.8.